The summed E-state index contributed by atoms with van der Waals surface area (Å²) in [5, 5.41) is 1.83. The minimum atomic E-state index is -3.69. The van der Waals surface area contributed by atoms with Crippen LogP contribution in [0.25, 0.3) is 10.8 Å². The van der Waals surface area contributed by atoms with Crippen molar-refractivity contribution in [3.63, 3.8) is 0 Å². The van der Waals surface area contributed by atoms with Gasteiger partial charge in [-0.3, -0.25) is 9.69 Å². The summed E-state index contributed by atoms with van der Waals surface area (Å²) in [4.78, 5) is 16.9. The van der Waals surface area contributed by atoms with E-state index in [1.807, 2.05) is 24.3 Å². The molecule has 0 spiro atoms. The SMILES string of the molecule is O=C(CCNS(=O)(=O)c1ccc2ccccc2c1)N1CCCN(Cc2ccc(F)cc2)CC1. The topological polar surface area (TPSA) is 69.7 Å². The van der Waals surface area contributed by atoms with Crippen molar-refractivity contribution >= 4 is 26.7 Å². The second kappa shape index (κ2) is 10.4. The van der Waals surface area contributed by atoms with Gasteiger partial charge in [-0.25, -0.2) is 17.5 Å². The predicted octanol–water partition coefficient (Wildman–Crippen LogP) is 3.38. The van der Waals surface area contributed by atoms with Gasteiger partial charge in [0.25, 0.3) is 0 Å². The molecule has 0 atom stereocenters. The molecule has 0 saturated carbocycles. The van der Waals surface area contributed by atoms with Gasteiger partial charge >= 0.3 is 0 Å². The van der Waals surface area contributed by atoms with E-state index < -0.39 is 10.0 Å². The highest BCUT2D eigenvalue weighted by Crippen LogP contribution is 2.19. The number of carbonyl (C=O) groups is 1. The quantitative estimate of drug-likeness (QED) is 0.576. The number of hydrogen-bond donors (Lipinski definition) is 1. The smallest absolute Gasteiger partial charge is 0.240 e. The fourth-order valence-corrected chi connectivity index (χ4v) is 5.16. The highest BCUT2D eigenvalue weighted by molar-refractivity contribution is 7.89. The zero-order valence-electron chi connectivity index (χ0n) is 18.4. The van der Waals surface area contributed by atoms with Crippen LogP contribution < -0.4 is 4.72 Å². The molecular weight excluding hydrogens is 441 g/mol. The van der Waals surface area contributed by atoms with E-state index in [0.717, 1.165) is 35.8 Å². The Morgan fingerprint density at radius 3 is 2.45 bits per heavy atom. The summed E-state index contributed by atoms with van der Waals surface area (Å²) in [5.74, 6) is -0.303. The summed E-state index contributed by atoms with van der Waals surface area (Å²) in [6.45, 7) is 3.60. The third-order valence-electron chi connectivity index (χ3n) is 5.92. The van der Waals surface area contributed by atoms with Crippen LogP contribution in [0.5, 0.6) is 0 Å². The molecule has 1 fully saturated rings. The first-order valence-corrected chi connectivity index (χ1v) is 12.6. The molecule has 1 saturated heterocycles. The van der Waals surface area contributed by atoms with Crippen molar-refractivity contribution in [1.29, 1.82) is 0 Å². The van der Waals surface area contributed by atoms with Crippen molar-refractivity contribution in [2.75, 3.05) is 32.7 Å². The Labute approximate surface area is 194 Å². The molecule has 0 aliphatic carbocycles. The molecule has 8 heteroatoms. The van der Waals surface area contributed by atoms with Crippen LogP contribution in [0.1, 0.15) is 18.4 Å². The fourth-order valence-electron chi connectivity index (χ4n) is 4.09. The van der Waals surface area contributed by atoms with Gasteiger partial charge in [0.2, 0.25) is 15.9 Å². The zero-order chi connectivity index (χ0) is 23.3. The van der Waals surface area contributed by atoms with Gasteiger partial charge in [-0.05, 0) is 47.0 Å². The highest BCUT2D eigenvalue weighted by atomic mass is 32.2. The first-order chi connectivity index (χ1) is 15.9. The van der Waals surface area contributed by atoms with Gasteiger partial charge in [-0.2, -0.15) is 0 Å². The summed E-state index contributed by atoms with van der Waals surface area (Å²) in [6.07, 6.45) is 0.959. The van der Waals surface area contributed by atoms with E-state index in [1.54, 1.807) is 35.2 Å². The van der Waals surface area contributed by atoms with E-state index in [9.17, 15) is 17.6 Å². The van der Waals surface area contributed by atoms with Crippen LogP contribution in [0.4, 0.5) is 4.39 Å². The lowest BCUT2D eigenvalue weighted by Crippen LogP contribution is -2.37. The molecule has 0 aromatic heterocycles. The standard InChI is InChI=1S/C25H28FN3O3S/c26-23-9-6-20(7-10-23)19-28-14-3-15-29(17-16-28)25(30)12-13-27-33(31,32)24-11-8-21-4-1-2-5-22(21)18-24/h1-2,4-11,18,27H,3,12-17,19H2. The van der Waals surface area contributed by atoms with E-state index in [1.165, 1.54) is 12.1 Å². The van der Waals surface area contributed by atoms with Gasteiger partial charge in [0.15, 0.2) is 0 Å². The minimum absolute atomic E-state index is 0.0557. The van der Waals surface area contributed by atoms with Gasteiger partial charge in [-0.15, -0.1) is 0 Å². The van der Waals surface area contributed by atoms with Crippen LogP contribution in [-0.4, -0.2) is 56.8 Å². The third-order valence-corrected chi connectivity index (χ3v) is 7.38. The van der Waals surface area contributed by atoms with E-state index >= 15 is 0 Å². The fraction of sp³-hybridized carbons (Fsp3) is 0.320. The van der Waals surface area contributed by atoms with Crippen molar-refractivity contribution in [2.24, 2.45) is 0 Å². The van der Waals surface area contributed by atoms with Gasteiger partial charge in [0.1, 0.15) is 5.82 Å². The van der Waals surface area contributed by atoms with E-state index in [2.05, 4.69) is 9.62 Å². The summed E-state index contributed by atoms with van der Waals surface area (Å²) in [6, 6.07) is 19.1. The Morgan fingerprint density at radius 2 is 1.67 bits per heavy atom. The van der Waals surface area contributed by atoms with Crippen molar-refractivity contribution < 1.29 is 17.6 Å². The van der Waals surface area contributed by atoms with Gasteiger partial charge < -0.3 is 4.90 Å². The van der Waals surface area contributed by atoms with Crippen LogP contribution in [0.2, 0.25) is 0 Å². The molecule has 0 radical (unpaired) electrons. The number of amides is 1. The Hall–Kier alpha value is -2.81. The summed E-state index contributed by atoms with van der Waals surface area (Å²) in [5.41, 5.74) is 1.04. The van der Waals surface area contributed by atoms with E-state index in [4.69, 9.17) is 0 Å². The lowest BCUT2D eigenvalue weighted by Gasteiger charge is -2.22. The number of nitrogens with zero attached hydrogens (tertiary/aromatic N) is 2. The largest absolute Gasteiger partial charge is 0.341 e. The number of nitrogens with one attached hydrogen (secondary N) is 1. The maximum Gasteiger partial charge on any atom is 0.240 e. The second-order valence-corrected chi connectivity index (χ2v) is 10.1. The van der Waals surface area contributed by atoms with Gasteiger partial charge in [-0.1, -0.05) is 42.5 Å². The molecule has 1 aliphatic heterocycles. The summed E-state index contributed by atoms with van der Waals surface area (Å²) >= 11 is 0. The molecule has 33 heavy (non-hydrogen) atoms. The van der Waals surface area contributed by atoms with Crippen LogP contribution in [0, 0.1) is 5.82 Å². The normalized spacial score (nSPS) is 15.5. The Bertz CT molecular complexity index is 1220. The molecule has 1 N–H and O–H groups in total. The monoisotopic (exact) mass is 469 g/mol. The lowest BCUT2D eigenvalue weighted by molar-refractivity contribution is -0.130. The first-order valence-electron chi connectivity index (χ1n) is 11.1. The summed E-state index contributed by atoms with van der Waals surface area (Å²) in [7, 11) is -3.69. The Morgan fingerprint density at radius 1 is 0.909 bits per heavy atom. The molecule has 3 aromatic carbocycles. The van der Waals surface area contributed by atoms with Crippen LogP contribution in [-0.2, 0) is 21.4 Å². The van der Waals surface area contributed by atoms with Crippen molar-refractivity contribution in [2.45, 2.75) is 24.3 Å². The lowest BCUT2D eigenvalue weighted by atomic mass is 10.1. The molecule has 4 rings (SSSR count). The average molecular weight is 470 g/mol. The first kappa shape index (κ1) is 23.4. The summed E-state index contributed by atoms with van der Waals surface area (Å²) < 4.78 is 41.0. The molecule has 3 aromatic rings. The van der Waals surface area contributed by atoms with Crippen molar-refractivity contribution in [3.8, 4) is 0 Å². The molecule has 1 heterocycles. The number of hydrogen-bond acceptors (Lipinski definition) is 4. The zero-order valence-corrected chi connectivity index (χ0v) is 19.2. The molecule has 1 aliphatic rings. The number of fused-ring (bicyclic) bond motifs is 1. The number of sulfonamides is 1. The van der Waals surface area contributed by atoms with Crippen molar-refractivity contribution in [3.05, 3.63) is 78.1 Å². The predicted molar refractivity (Wildman–Crippen MR) is 127 cm³/mol. The minimum Gasteiger partial charge on any atom is -0.341 e. The van der Waals surface area contributed by atoms with Gasteiger partial charge in [0, 0.05) is 45.7 Å². The number of carbonyl (C=O) groups excluding carboxylic acids is 1. The third kappa shape index (κ3) is 6.16. The molecule has 1 amide bonds. The molecule has 6 nitrogen and oxygen atoms in total. The number of benzene rings is 3. The van der Waals surface area contributed by atoms with Crippen LogP contribution in [0.15, 0.2) is 71.6 Å². The van der Waals surface area contributed by atoms with Crippen molar-refractivity contribution in [1.82, 2.24) is 14.5 Å². The Kier molecular flexibility index (Phi) is 7.37. The number of rotatable bonds is 7. The average Bonchev–Trinajstić information content (AvgIpc) is 3.06. The van der Waals surface area contributed by atoms with E-state index in [-0.39, 0.29) is 29.6 Å². The van der Waals surface area contributed by atoms with Crippen LogP contribution in [0.3, 0.4) is 0 Å². The van der Waals surface area contributed by atoms with Crippen LogP contribution >= 0.6 is 0 Å². The van der Waals surface area contributed by atoms with Gasteiger partial charge in [0.05, 0.1) is 4.90 Å². The second-order valence-electron chi connectivity index (χ2n) is 8.29. The maximum atomic E-state index is 13.1. The Balaban J connectivity index is 1.27. The molecule has 0 bridgehead atoms. The molecule has 0 unspecified atom stereocenters. The molecule has 174 valence electrons. The molecular formula is C25H28FN3O3S. The number of halogens is 1. The maximum absolute atomic E-state index is 13.1. The highest BCUT2D eigenvalue weighted by Gasteiger charge is 2.20. The van der Waals surface area contributed by atoms with E-state index in [0.29, 0.717) is 19.6 Å².